The molecular weight excluding hydrogens is 543 g/mol. The van der Waals surface area contributed by atoms with E-state index in [-0.39, 0.29) is 18.5 Å². The number of carbonyl (C=O) groups is 2. The first-order valence-electron chi connectivity index (χ1n) is 13.7. The summed E-state index contributed by atoms with van der Waals surface area (Å²) >= 11 is 6.01. The number of unbranched alkanes of at least 4 members (excludes halogenated alkanes) is 2. The molecule has 1 heterocycles. The predicted octanol–water partition coefficient (Wildman–Crippen LogP) is 7.23. The predicted molar refractivity (Wildman–Crippen MR) is 152 cm³/mol. The average Bonchev–Trinajstić information content (AvgIpc) is 3.31. The highest BCUT2D eigenvalue weighted by Crippen LogP contribution is 2.26. The van der Waals surface area contributed by atoms with E-state index in [9.17, 15) is 22.8 Å². The van der Waals surface area contributed by atoms with Gasteiger partial charge in [0.1, 0.15) is 6.10 Å². The van der Waals surface area contributed by atoms with E-state index in [4.69, 9.17) is 16.3 Å². The number of halogens is 4. The lowest BCUT2D eigenvalue weighted by Gasteiger charge is -2.23. The summed E-state index contributed by atoms with van der Waals surface area (Å²) in [5, 5.41) is 4.48. The number of benzene rings is 2. The van der Waals surface area contributed by atoms with Crippen LogP contribution in [0.4, 0.5) is 13.2 Å². The van der Waals surface area contributed by atoms with E-state index >= 15 is 0 Å². The Morgan fingerprint density at radius 1 is 1.07 bits per heavy atom. The third-order valence-corrected chi connectivity index (χ3v) is 6.98. The number of fused-ring (bicyclic) bond motifs is 1. The number of esters is 1. The molecule has 2 atom stereocenters. The van der Waals surface area contributed by atoms with Crippen molar-refractivity contribution in [3.05, 3.63) is 70.4 Å². The minimum atomic E-state index is -5.10. The highest BCUT2D eigenvalue weighted by molar-refractivity contribution is 6.30. The lowest BCUT2D eigenvalue weighted by atomic mass is 10.0. The molecule has 1 amide bonds. The topological polar surface area (TPSA) is 74.4 Å². The molecule has 0 fully saturated rings. The molecule has 0 saturated carbocycles. The van der Waals surface area contributed by atoms with E-state index < -0.39 is 18.2 Å². The number of rotatable bonds is 14. The molecule has 0 bridgehead atoms. The van der Waals surface area contributed by atoms with Crippen molar-refractivity contribution in [2.75, 3.05) is 19.6 Å². The summed E-state index contributed by atoms with van der Waals surface area (Å²) in [6, 6.07) is 11.7. The van der Waals surface area contributed by atoms with Gasteiger partial charge in [0.15, 0.2) is 0 Å². The monoisotopic (exact) mass is 579 g/mol. The minimum absolute atomic E-state index is 0.0236. The van der Waals surface area contributed by atoms with E-state index in [1.54, 1.807) is 18.2 Å². The van der Waals surface area contributed by atoms with Gasteiger partial charge in [-0.15, -0.1) is 0 Å². The van der Waals surface area contributed by atoms with Crippen LogP contribution in [0.3, 0.4) is 0 Å². The molecule has 0 radical (unpaired) electrons. The molecule has 218 valence electrons. The quantitative estimate of drug-likeness (QED) is 0.198. The second kappa shape index (κ2) is 14.6. The summed E-state index contributed by atoms with van der Waals surface area (Å²) in [6.45, 7) is 7.56. The summed E-state index contributed by atoms with van der Waals surface area (Å²) < 4.78 is 43.5. The number of H-pyrrole nitrogens is 1. The van der Waals surface area contributed by atoms with Crippen molar-refractivity contribution in [2.24, 2.45) is 0 Å². The number of hydrogen-bond donors (Lipinski definition) is 2. The molecule has 0 aliphatic rings. The van der Waals surface area contributed by atoms with Crippen molar-refractivity contribution < 1.29 is 27.5 Å². The van der Waals surface area contributed by atoms with E-state index in [1.807, 2.05) is 36.2 Å². The van der Waals surface area contributed by atoms with Crippen LogP contribution >= 0.6 is 11.6 Å². The molecule has 6 nitrogen and oxygen atoms in total. The fourth-order valence-electron chi connectivity index (χ4n) is 4.52. The van der Waals surface area contributed by atoms with Gasteiger partial charge in [-0.25, -0.2) is 4.79 Å². The molecule has 2 N–H and O–H groups in total. The van der Waals surface area contributed by atoms with Crippen LogP contribution in [0.5, 0.6) is 0 Å². The van der Waals surface area contributed by atoms with Crippen LogP contribution in [0.1, 0.15) is 74.0 Å². The van der Waals surface area contributed by atoms with Gasteiger partial charge in [-0.05, 0) is 61.6 Å². The Labute approximate surface area is 238 Å². The van der Waals surface area contributed by atoms with Gasteiger partial charge in [0.25, 0.3) is 5.91 Å². The van der Waals surface area contributed by atoms with E-state index in [2.05, 4.69) is 24.1 Å². The zero-order chi connectivity index (χ0) is 29.3. The van der Waals surface area contributed by atoms with Gasteiger partial charge in [0.05, 0.1) is 0 Å². The third kappa shape index (κ3) is 8.73. The normalized spacial score (nSPS) is 13.3. The number of amides is 1. The van der Waals surface area contributed by atoms with Gasteiger partial charge in [-0.2, -0.15) is 13.2 Å². The van der Waals surface area contributed by atoms with Crippen molar-refractivity contribution in [1.29, 1.82) is 0 Å². The first kappa shape index (κ1) is 31.5. The van der Waals surface area contributed by atoms with Gasteiger partial charge in [-0.3, -0.25) is 4.79 Å². The van der Waals surface area contributed by atoms with Crippen LogP contribution in [-0.2, 0) is 16.0 Å². The van der Waals surface area contributed by atoms with Gasteiger partial charge in [-0.1, -0.05) is 56.5 Å². The van der Waals surface area contributed by atoms with E-state index in [0.717, 1.165) is 55.2 Å². The van der Waals surface area contributed by atoms with Crippen molar-refractivity contribution in [2.45, 2.75) is 71.2 Å². The second-order valence-electron chi connectivity index (χ2n) is 10.0. The number of aromatic nitrogens is 1. The Morgan fingerprint density at radius 2 is 1.77 bits per heavy atom. The summed E-state index contributed by atoms with van der Waals surface area (Å²) in [7, 11) is 0. The first-order chi connectivity index (χ1) is 19.0. The molecule has 0 aliphatic heterocycles. The maximum atomic E-state index is 13.2. The SMILES string of the molecule is CCCCN(CCCC)C(=O)c1ccc2c(C[C@@H](C)NC[C@H](OC(=O)C(F)(F)F)c3cccc(Cl)c3)c[nH]c2c1. The molecular formula is C30H37ClF3N3O3. The number of nitrogens with one attached hydrogen (secondary N) is 2. The van der Waals surface area contributed by atoms with Crippen LogP contribution in [0, 0.1) is 0 Å². The number of ether oxygens (including phenoxy) is 1. The molecule has 10 heteroatoms. The number of hydrogen-bond acceptors (Lipinski definition) is 4. The smallest absolute Gasteiger partial charge is 0.449 e. The van der Waals surface area contributed by atoms with Crippen molar-refractivity contribution in [3.63, 3.8) is 0 Å². The number of carbonyl (C=O) groups excluding carboxylic acids is 2. The molecule has 3 aromatic rings. The Bertz CT molecular complexity index is 1270. The lowest BCUT2D eigenvalue weighted by Crippen LogP contribution is -2.35. The fraction of sp³-hybridized carbons (Fsp3) is 0.467. The highest BCUT2D eigenvalue weighted by atomic mass is 35.5. The summed E-state index contributed by atoms with van der Waals surface area (Å²) in [5.41, 5.74) is 2.83. The molecule has 0 aliphatic carbocycles. The Balaban J connectivity index is 1.69. The summed E-state index contributed by atoms with van der Waals surface area (Å²) in [5.74, 6) is -2.23. The molecule has 0 unspecified atom stereocenters. The fourth-order valence-corrected chi connectivity index (χ4v) is 4.72. The van der Waals surface area contributed by atoms with Crippen LogP contribution in [0.15, 0.2) is 48.7 Å². The zero-order valence-electron chi connectivity index (χ0n) is 23.1. The molecule has 0 saturated heterocycles. The van der Waals surface area contributed by atoms with Gasteiger partial charge in [0, 0.05) is 53.4 Å². The van der Waals surface area contributed by atoms with Crippen molar-refractivity contribution in [1.82, 2.24) is 15.2 Å². The molecule has 40 heavy (non-hydrogen) atoms. The van der Waals surface area contributed by atoms with Crippen LogP contribution in [0.25, 0.3) is 10.9 Å². The number of aromatic amines is 1. The van der Waals surface area contributed by atoms with Gasteiger partial charge < -0.3 is 19.9 Å². The Kier molecular flexibility index (Phi) is 11.5. The van der Waals surface area contributed by atoms with Crippen LogP contribution < -0.4 is 5.32 Å². The standard InChI is InChI=1S/C30H37ClF3N3O3/c1-4-6-13-37(14-7-5-2)28(38)22-11-12-25-23(18-36-26(25)17-22)15-20(3)35-19-27(40-29(39)30(32,33)34)21-9-8-10-24(31)16-21/h8-12,16-18,20,27,35-36H,4-7,13-15,19H2,1-3H3/t20-,27+/m1/s1. The first-order valence-corrected chi connectivity index (χ1v) is 14.1. The maximum Gasteiger partial charge on any atom is 0.490 e. The van der Waals surface area contributed by atoms with E-state index in [0.29, 0.717) is 22.6 Å². The highest BCUT2D eigenvalue weighted by Gasteiger charge is 2.42. The molecule has 0 spiro atoms. The van der Waals surface area contributed by atoms with Crippen molar-refractivity contribution in [3.8, 4) is 0 Å². The van der Waals surface area contributed by atoms with Gasteiger partial charge in [0.2, 0.25) is 0 Å². The van der Waals surface area contributed by atoms with Crippen molar-refractivity contribution >= 4 is 34.4 Å². The maximum absolute atomic E-state index is 13.2. The summed E-state index contributed by atoms with van der Waals surface area (Å²) in [6.07, 6.45) is 0.122. The Morgan fingerprint density at radius 3 is 2.40 bits per heavy atom. The number of alkyl halides is 3. The van der Waals surface area contributed by atoms with Crippen LogP contribution in [0.2, 0.25) is 5.02 Å². The molecule has 3 rings (SSSR count). The largest absolute Gasteiger partial charge is 0.490 e. The average molecular weight is 580 g/mol. The summed E-state index contributed by atoms with van der Waals surface area (Å²) in [4.78, 5) is 29.9. The second-order valence-corrected chi connectivity index (χ2v) is 10.5. The molecule has 2 aromatic carbocycles. The number of nitrogens with zero attached hydrogens (tertiary/aromatic N) is 1. The zero-order valence-corrected chi connectivity index (χ0v) is 23.9. The third-order valence-electron chi connectivity index (χ3n) is 6.74. The van der Waals surface area contributed by atoms with Crippen LogP contribution in [-0.4, -0.2) is 53.6 Å². The molecule has 1 aromatic heterocycles. The Hall–Kier alpha value is -3.04. The minimum Gasteiger partial charge on any atom is -0.449 e. The van der Waals surface area contributed by atoms with Gasteiger partial charge >= 0.3 is 12.1 Å². The lowest BCUT2D eigenvalue weighted by molar-refractivity contribution is -0.205. The van der Waals surface area contributed by atoms with E-state index in [1.165, 1.54) is 6.07 Å².